The Bertz CT molecular complexity index is 1390. The smallest absolute Gasteiger partial charge is 0.471 e. The molecule has 0 aliphatic heterocycles. The van der Waals surface area contributed by atoms with Gasteiger partial charge < -0.3 is 14.8 Å². The van der Waals surface area contributed by atoms with Gasteiger partial charge in [0.15, 0.2) is 11.6 Å². The van der Waals surface area contributed by atoms with Gasteiger partial charge in [0.2, 0.25) is 0 Å². The topological polar surface area (TPSA) is 65.4 Å². The zero-order valence-corrected chi connectivity index (χ0v) is 19.0. The van der Waals surface area contributed by atoms with Crippen molar-refractivity contribution in [2.45, 2.75) is 25.2 Å². The van der Waals surface area contributed by atoms with Gasteiger partial charge in [-0.3, -0.25) is 4.79 Å². The van der Waals surface area contributed by atoms with Crippen LogP contribution in [0.25, 0.3) is 16.6 Å². The van der Waals surface area contributed by atoms with E-state index in [1.54, 1.807) is 41.2 Å². The molecular formula is C25H20F5N3O3. The van der Waals surface area contributed by atoms with Crippen molar-refractivity contribution >= 4 is 16.8 Å². The first-order valence-corrected chi connectivity index (χ1v) is 10.7. The van der Waals surface area contributed by atoms with Crippen LogP contribution in [0, 0.1) is 11.6 Å². The van der Waals surface area contributed by atoms with Crippen LogP contribution in [0.4, 0.5) is 22.0 Å². The number of fused-ring (bicyclic) bond motifs is 1. The van der Waals surface area contributed by atoms with Gasteiger partial charge in [0.25, 0.3) is 0 Å². The lowest BCUT2D eigenvalue weighted by molar-refractivity contribution is -0.174. The number of hydrogen-bond acceptors (Lipinski definition) is 4. The van der Waals surface area contributed by atoms with E-state index < -0.39 is 35.9 Å². The molecule has 0 saturated heterocycles. The molecular weight excluding hydrogens is 485 g/mol. The van der Waals surface area contributed by atoms with Crippen LogP contribution in [-0.2, 0) is 4.79 Å². The van der Waals surface area contributed by atoms with Gasteiger partial charge in [0.05, 0.1) is 30.6 Å². The minimum absolute atomic E-state index is 0.0564. The van der Waals surface area contributed by atoms with E-state index in [1.807, 2.05) is 5.32 Å². The Kier molecular flexibility index (Phi) is 6.82. The number of carbonyl (C=O) groups is 1. The van der Waals surface area contributed by atoms with Crippen LogP contribution in [-0.4, -0.2) is 35.0 Å². The van der Waals surface area contributed by atoms with E-state index in [4.69, 9.17) is 9.47 Å². The maximum Gasteiger partial charge on any atom is 0.471 e. The van der Waals surface area contributed by atoms with Gasteiger partial charge in [-0.05, 0) is 67.1 Å². The molecule has 1 N–H and O–H groups in total. The number of ether oxygens (including phenoxy) is 2. The summed E-state index contributed by atoms with van der Waals surface area (Å²) in [5.41, 5.74) is 1.47. The summed E-state index contributed by atoms with van der Waals surface area (Å²) < 4.78 is 78.6. The SMILES string of the molecule is COc1ccc([C@@H](Oc2ccc3c(cnn3-c3ccc(F)cc3)c2)C(C)NC(=O)C(F)(F)F)cc1F. The predicted octanol–water partition coefficient (Wildman–Crippen LogP) is 5.50. The van der Waals surface area contributed by atoms with Crippen LogP contribution in [0.1, 0.15) is 18.6 Å². The van der Waals surface area contributed by atoms with Gasteiger partial charge in [0, 0.05) is 5.39 Å². The lowest BCUT2D eigenvalue weighted by Crippen LogP contribution is -2.45. The maximum atomic E-state index is 14.4. The highest BCUT2D eigenvalue weighted by molar-refractivity contribution is 5.82. The summed E-state index contributed by atoms with van der Waals surface area (Å²) in [6.45, 7) is 1.32. The summed E-state index contributed by atoms with van der Waals surface area (Å²) in [4.78, 5) is 11.5. The Balaban J connectivity index is 1.66. The van der Waals surface area contributed by atoms with Gasteiger partial charge in [-0.25, -0.2) is 13.5 Å². The van der Waals surface area contributed by atoms with E-state index in [-0.39, 0.29) is 17.1 Å². The molecule has 0 aliphatic rings. The number of alkyl halides is 3. The summed E-state index contributed by atoms with van der Waals surface area (Å²) in [5.74, 6) is -3.09. The number of halogens is 5. The van der Waals surface area contributed by atoms with Gasteiger partial charge in [-0.15, -0.1) is 0 Å². The second kappa shape index (κ2) is 9.84. The fraction of sp³-hybridized carbons (Fsp3) is 0.200. The molecule has 2 atom stereocenters. The Morgan fingerprint density at radius 3 is 2.39 bits per heavy atom. The Labute approximate surface area is 202 Å². The minimum atomic E-state index is -5.10. The summed E-state index contributed by atoms with van der Waals surface area (Å²) >= 11 is 0. The molecule has 4 aromatic rings. The van der Waals surface area contributed by atoms with E-state index in [1.165, 1.54) is 38.3 Å². The monoisotopic (exact) mass is 505 g/mol. The molecule has 0 aliphatic carbocycles. The lowest BCUT2D eigenvalue weighted by Gasteiger charge is -2.27. The molecule has 1 aromatic heterocycles. The zero-order valence-electron chi connectivity index (χ0n) is 19.0. The third-order valence-corrected chi connectivity index (χ3v) is 5.45. The number of nitrogens with zero attached hydrogens (tertiary/aromatic N) is 2. The third-order valence-electron chi connectivity index (χ3n) is 5.45. The first-order valence-electron chi connectivity index (χ1n) is 10.7. The second-order valence-corrected chi connectivity index (χ2v) is 7.95. The van der Waals surface area contributed by atoms with Gasteiger partial charge in [-0.1, -0.05) is 6.07 Å². The standard InChI is InChI=1S/C25H20F5N3O3/c1-14(32-24(34)25(28,29)30)23(15-3-10-22(35-2)20(27)12-15)36-19-8-9-21-16(11-19)13-31-33(21)18-6-4-17(26)5-7-18/h3-14,23H,1-2H3,(H,32,34)/t14?,23-/m0/s1. The number of hydrogen-bond donors (Lipinski definition) is 1. The summed E-state index contributed by atoms with van der Waals surface area (Å²) in [6, 6.07) is 13.2. The molecule has 1 amide bonds. The van der Waals surface area contributed by atoms with E-state index in [9.17, 15) is 26.7 Å². The molecule has 0 saturated carbocycles. The average Bonchev–Trinajstić information content (AvgIpc) is 3.25. The van der Waals surface area contributed by atoms with E-state index >= 15 is 0 Å². The Morgan fingerprint density at radius 1 is 1.03 bits per heavy atom. The molecule has 36 heavy (non-hydrogen) atoms. The van der Waals surface area contributed by atoms with Crippen LogP contribution < -0.4 is 14.8 Å². The second-order valence-electron chi connectivity index (χ2n) is 7.95. The molecule has 1 heterocycles. The van der Waals surface area contributed by atoms with Crippen molar-refractivity contribution in [3.8, 4) is 17.2 Å². The number of methoxy groups -OCH3 is 1. The van der Waals surface area contributed by atoms with Crippen molar-refractivity contribution < 1.29 is 36.2 Å². The number of benzene rings is 3. The molecule has 3 aromatic carbocycles. The molecule has 0 spiro atoms. The Morgan fingerprint density at radius 2 is 1.75 bits per heavy atom. The van der Waals surface area contributed by atoms with E-state index in [2.05, 4.69) is 5.10 Å². The number of carbonyl (C=O) groups excluding carboxylic acids is 1. The van der Waals surface area contributed by atoms with Crippen LogP contribution in [0.2, 0.25) is 0 Å². The largest absolute Gasteiger partial charge is 0.494 e. The van der Waals surface area contributed by atoms with E-state index in [0.29, 0.717) is 16.6 Å². The number of rotatable bonds is 7. The first-order chi connectivity index (χ1) is 17.1. The molecule has 1 unspecified atom stereocenters. The molecule has 0 radical (unpaired) electrons. The zero-order chi connectivity index (χ0) is 26.0. The molecule has 0 bridgehead atoms. The van der Waals surface area contributed by atoms with Gasteiger partial charge >= 0.3 is 12.1 Å². The first kappa shape index (κ1) is 25.0. The minimum Gasteiger partial charge on any atom is -0.494 e. The normalized spacial score (nSPS) is 13.3. The van der Waals surface area contributed by atoms with Crippen LogP contribution in [0.15, 0.2) is 66.9 Å². The highest BCUT2D eigenvalue weighted by Gasteiger charge is 2.40. The number of aromatic nitrogens is 2. The molecule has 4 rings (SSSR count). The van der Waals surface area contributed by atoms with Crippen LogP contribution >= 0.6 is 0 Å². The molecule has 188 valence electrons. The van der Waals surface area contributed by atoms with Crippen molar-refractivity contribution in [1.29, 1.82) is 0 Å². The van der Waals surface area contributed by atoms with Crippen molar-refractivity contribution in [1.82, 2.24) is 15.1 Å². The van der Waals surface area contributed by atoms with Gasteiger partial charge in [-0.2, -0.15) is 18.3 Å². The van der Waals surface area contributed by atoms with Crippen molar-refractivity contribution in [2.24, 2.45) is 0 Å². The third kappa shape index (κ3) is 5.24. The maximum absolute atomic E-state index is 14.4. The van der Waals surface area contributed by atoms with Crippen LogP contribution in [0.3, 0.4) is 0 Å². The summed E-state index contributed by atoms with van der Waals surface area (Å²) in [5, 5.41) is 6.79. The quantitative estimate of drug-likeness (QED) is 0.337. The average molecular weight is 505 g/mol. The predicted molar refractivity (Wildman–Crippen MR) is 121 cm³/mol. The summed E-state index contributed by atoms with van der Waals surface area (Å²) in [6.07, 6.45) is -4.73. The molecule has 0 fully saturated rings. The Hall–Kier alpha value is -4.15. The van der Waals surface area contributed by atoms with Crippen LogP contribution in [0.5, 0.6) is 11.5 Å². The van der Waals surface area contributed by atoms with Gasteiger partial charge in [0.1, 0.15) is 17.7 Å². The molecule has 11 heteroatoms. The molecule has 6 nitrogen and oxygen atoms in total. The number of amides is 1. The highest BCUT2D eigenvalue weighted by atomic mass is 19.4. The number of nitrogens with one attached hydrogen (secondary N) is 1. The fourth-order valence-corrected chi connectivity index (χ4v) is 3.70. The fourth-order valence-electron chi connectivity index (χ4n) is 3.70. The highest BCUT2D eigenvalue weighted by Crippen LogP contribution is 2.31. The van der Waals surface area contributed by atoms with E-state index in [0.717, 1.165) is 6.07 Å². The van der Waals surface area contributed by atoms with Crippen molar-refractivity contribution in [3.05, 3.63) is 84.1 Å². The lowest BCUT2D eigenvalue weighted by atomic mass is 10.0. The van der Waals surface area contributed by atoms with Crippen molar-refractivity contribution in [3.63, 3.8) is 0 Å². The van der Waals surface area contributed by atoms with Crippen molar-refractivity contribution in [2.75, 3.05) is 7.11 Å². The summed E-state index contributed by atoms with van der Waals surface area (Å²) in [7, 11) is 1.28.